The summed E-state index contributed by atoms with van der Waals surface area (Å²) in [6, 6.07) is 3.22. The number of esters is 1. The second-order valence-corrected chi connectivity index (χ2v) is 17.2. The number of aryl methyl sites for hydroxylation is 3. The number of thioether (sulfide) groups is 1. The lowest BCUT2D eigenvalue weighted by molar-refractivity contribution is -0.119. The van der Waals surface area contributed by atoms with Gasteiger partial charge in [0.15, 0.2) is 5.43 Å². The number of fused-ring (bicyclic) bond motifs is 3. The predicted octanol–water partition coefficient (Wildman–Crippen LogP) is 10.1. The molecule has 2 saturated heterocycles. The van der Waals surface area contributed by atoms with Gasteiger partial charge in [0.05, 0.1) is 43.3 Å². The number of carbonyl (C=O) groups excluding carboxylic acids is 3. The highest BCUT2D eigenvalue weighted by molar-refractivity contribution is 8.00. The van der Waals surface area contributed by atoms with Crippen LogP contribution in [0, 0.1) is 27.7 Å². The van der Waals surface area contributed by atoms with Gasteiger partial charge in [0.2, 0.25) is 0 Å². The van der Waals surface area contributed by atoms with E-state index in [1.807, 2.05) is 11.8 Å². The highest BCUT2D eigenvalue weighted by atomic mass is 35.5. The Balaban J connectivity index is 1.22. The van der Waals surface area contributed by atoms with Gasteiger partial charge in [0, 0.05) is 57.0 Å². The molecule has 0 spiro atoms. The van der Waals surface area contributed by atoms with E-state index >= 15 is 0 Å². The maximum Gasteiger partial charge on any atom is 0.340 e. The minimum Gasteiger partial charge on any atom is -0.507 e. The van der Waals surface area contributed by atoms with Crippen LogP contribution in [0.1, 0.15) is 85.0 Å². The van der Waals surface area contributed by atoms with Crippen molar-refractivity contribution >= 4 is 86.9 Å². The average molecular weight is 823 g/mol. The highest BCUT2D eigenvalue weighted by Crippen LogP contribution is 2.52. The molecular weight excluding hydrogens is 782 g/mol. The second-order valence-electron chi connectivity index (χ2n) is 14.5. The van der Waals surface area contributed by atoms with Crippen molar-refractivity contribution in [3.63, 3.8) is 0 Å². The summed E-state index contributed by atoms with van der Waals surface area (Å²) in [5.41, 5.74) is 1.98. The molecule has 6 rings (SSSR count). The van der Waals surface area contributed by atoms with Crippen LogP contribution < -0.4 is 16.1 Å². The van der Waals surface area contributed by atoms with E-state index in [0.29, 0.717) is 45.2 Å². The Morgan fingerprint density at radius 2 is 1.58 bits per heavy atom. The largest absolute Gasteiger partial charge is 0.507 e. The van der Waals surface area contributed by atoms with Gasteiger partial charge in [-0.2, -0.15) is 11.8 Å². The number of benzene rings is 3. The van der Waals surface area contributed by atoms with Gasteiger partial charge in [0.25, 0.3) is 0 Å². The first-order chi connectivity index (χ1) is 24.9. The van der Waals surface area contributed by atoms with Crippen LogP contribution in [0.25, 0.3) is 33.4 Å². The van der Waals surface area contributed by atoms with E-state index in [4.69, 9.17) is 55.6 Å². The number of nitrogens with one attached hydrogen (secondary N) is 2. The minimum absolute atomic E-state index is 0.0115. The molecule has 3 atom stereocenters. The molecule has 0 saturated carbocycles. The summed E-state index contributed by atoms with van der Waals surface area (Å²) in [4.78, 5) is 51.8. The Kier molecular flexibility index (Phi) is 11.1. The van der Waals surface area contributed by atoms with Crippen LogP contribution in [0.15, 0.2) is 21.3 Å². The zero-order valence-electron chi connectivity index (χ0n) is 30.2. The number of phenolic OH excluding ortho intramolecular Hbond substituents is 1. The molecule has 2 fully saturated rings. The van der Waals surface area contributed by atoms with Gasteiger partial charge in [-0.05, 0) is 84.1 Å². The van der Waals surface area contributed by atoms with E-state index in [2.05, 4.69) is 24.5 Å². The van der Waals surface area contributed by atoms with Gasteiger partial charge in [-0.15, -0.1) is 0 Å². The van der Waals surface area contributed by atoms with Gasteiger partial charge in [-0.25, -0.2) is 9.59 Å². The van der Waals surface area contributed by atoms with E-state index in [9.17, 15) is 24.3 Å². The van der Waals surface area contributed by atoms with Gasteiger partial charge in [-0.3, -0.25) is 9.59 Å². The fourth-order valence-corrected chi connectivity index (χ4v) is 10.5. The summed E-state index contributed by atoms with van der Waals surface area (Å²) in [7, 11) is 0. The summed E-state index contributed by atoms with van der Waals surface area (Å²) in [6.07, 6.45) is 3.37. The summed E-state index contributed by atoms with van der Waals surface area (Å²) in [5, 5.41) is 17.3. The van der Waals surface area contributed by atoms with Crippen LogP contribution in [-0.2, 0) is 9.53 Å². The fraction of sp³-hybridized carbons (Fsp3) is 0.436. The van der Waals surface area contributed by atoms with E-state index < -0.39 is 5.97 Å². The number of hydrogen-bond donors (Lipinski definition) is 3. The van der Waals surface area contributed by atoms with Crippen LogP contribution in [0.5, 0.6) is 5.75 Å². The predicted molar refractivity (Wildman–Crippen MR) is 213 cm³/mol. The number of hydrogen-bond acceptors (Lipinski definition) is 8. The quantitative estimate of drug-likeness (QED) is 0.0340. The second kappa shape index (κ2) is 14.8. The zero-order valence-corrected chi connectivity index (χ0v) is 34.0. The molecule has 2 aromatic rings. The molecule has 282 valence electrons. The highest BCUT2D eigenvalue weighted by Gasteiger charge is 2.60. The molecule has 14 heteroatoms. The number of unbranched alkanes of at least 4 members (excludes halogenated alkanes) is 1. The van der Waals surface area contributed by atoms with Crippen molar-refractivity contribution in [3.8, 4) is 28.2 Å². The summed E-state index contributed by atoms with van der Waals surface area (Å²) >= 11 is 28.7. The van der Waals surface area contributed by atoms with Crippen molar-refractivity contribution in [2.75, 3.05) is 12.4 Å². The maximum atomic E-state index is 14.0. The number of Topliss-reactive ketones (excluding diaryl/α,β-unsaturated/α-hetero) is 1. The minimum atomic E-state index is -0.829. The number of carbonyl (C=O) groups is 3. The SMILES string of the molecule is Cc1cc2c(-c3c(Cl)c(Cl)c(Cl)c(Cl)c3C(=O)OCCCC(=O)CCCCC3SC[C@]4(C)NC(=O)N[C@]34C)c3cc(C)c(=O)c(C)c-3oc2c(C)c1O. The maximum absolute atomic E-state index is 14.0. The van der Waals surface area contributed by atoms with E-state index in [1.165, 1.54) is 0 Å². The number of phenols is 1. The van der Waals surface area contributed by atoms with Crippen LogP contribution in [-0.4, -0.2) is 51.6 Å². The molecule has 0 bridgehead atoms. The van der Waals surface area contributed by atoms with E-state index in [1.54, 1.807) is 39.8 Å². The zero-order chi connectivity index (χ0) is 38.7. The van der Waals surface area contributed by atoms with E-state index in [-0.39, 0.29) is 101 Å². The van der Waals surface area contributed by atoms with Crippen molar-refractivity contribution in [1.29, 1.82) is 0 Å². The van der Waals surface area contributed by atoms with Gasteiger partial charge in [0.1, 0.15) is 22.9 Å². The molecule has 3 N–H and O–H groups in total. The lowest BCUT2D eigenvalue weighted by atomic mass is 9.79. The van der Waals surface area contributed by atoms with Crippen molar-refractivity contribution in [1.82, 2.24) is 10.6 Å². The smallest absolute Gasteiger partial charge is 0.340 e. The number of halogens is 4. The first-order valence-corrected chi connectivity index (χ1v) is 19.9. The third-order valence-electron chi connectivity index (χ3n) is 10.9. The fourth-order valence-electron chi connectivity index (χ4n) is 7.61. The molecule has 0 aromatic heterocycles. The molecule has 2 aromatic carbocycles. The number of aromatic hydroxyl groups is 1. The molecule has 53 heavy (non-hydrogen) atoms. The lowest BCUT2D eigenvalue weighted by Gasteiger charge is -2.35. The van der Waals surface area contributed by atoms with Crippen LogP contribution in [0.3, 0.4) is 0 Å². The summed E-state index contributed by atoms with van der Waals surface area (Å²) in [5.74, 6) is 0.321. The van der Waals surface area contributed by atoms with Gasteiger partial charge < -0.3 is 24.9 Å². The van der Waals surface area contributed by atoms with Crippen LogP contribution in [0.2, 0.25) is 20.1 Å². The van der Waals surface area contributed by atoms with Gasteiger partial charge >= 0.3 is 12.0 Å². The van der Waals surface area contributed by atoms with Crippen LogP contribution in [0.4, 0.5) is 4.79 Å². The molecule has 2 amide bonds. The first-order valence-electron chi connectivity index (χ1n) is 17.4. The summed E-state index contributed by atoms with van der Waals surface area (Å²) in [6.45, 7) is 10.8. The third kappa shape index (κ3) is 6.77. The van der Waals surface area contributed by atoms with E-state index in [0.717, 1.165) is 25.0 Å². The molecule has 9 nitrogen and oxygen atoms in total. The standard InChI is InChI=1S/C39H40Cl4N2O7S/c1-17-14-22-25(23-15-18(2)33(48)20(4)35(23)52-34(22)19(3)32(17)47)26-27(29(41)31(43)30(42)28(26)40)36(49)51-13-9-11-21(46)10-7-8-12-24-39(6)38(5,16-53-24)44-37(50)45-39/h14-15,24,47H,7-13,16H2,1-6H3,(H2,44,45,50)/t24?,38-,39+/m0/s1. The molecule has 1 unspecified atom stereocenters. The Labute approximate surface area is 331 Å². The number of urea groups is 1. The molecule has 4 aliphatic rings. The normalized spacial score (nSPS) is 20.9. The number of rotatable bonds is 11. The molecular formula is C39H40Cl4N2O7S. The number of amides is 2. The molecule has 1 aliphatic carbocycles. The Morgan fingerprint density at radius 3 is 2.30 bits per heavy atom. The monoisotopic (exact) mass is 820 g/mol. The van der Waals surface area contributed by atoms with Crippen molar-refractivity contribution in [3.05, 3.63) is 70.3 Å². The topological polar surface area (TPSA) is 135 Å². The molecule has 3 heterocycles. The number of ketones is 1. The third-order valence-corrected chi connectivity index (χ3v) is 14.6. The average Bonchev–Trinajstić information content (AvgIpc) is 3.48. The first kappa shape index (κ1) is 39.5. The van der Waals surface area contributed by atoms with Crippen molar-refractivity contribution in [2.45, 2.75) is 96.4 Å². The molecule has 3 aliphatic heterocycles. The Bertz CT molecular complexity index is 2240. The van der Waals surface area contributed by atoms with Gasteiger partial charge in [-0.1, -0.05) is 52.8 Å². The van der Waals surface area contributed by atoms with Crippen LogP contribution >= 0.6 is 58.2 Å². The van der Waals surface area contributed by atoms with Crippen molar-refractivity contribution in [2.24, 2.45) is 0 Å². The molecule has 0 radical (unpaired) electrons. The Morgan fingerprint density at radius 1 is 0.906 bits per heavy atom. The lowest BCUT2D eigenvalue weighted by Crippen LogP contribution is -2.58. The summed E-state index contributed by atoms with van der Waals surface area (Å²) < 4.78 is 12.0. The van der Waals surface area contributed by atoms with Crippen molar-refractivity contribution < 1.29 is 28.6 Å². The number of ether oxygens (including phenoxy) is 1. The Hall–Kier alpha value is -3.15.